The average Bonchev–Trinajstić information content (AvgIpc) is 3.20. The van der Waals surface area contributed by atoms with Crippen LogP contribution in [-0.2, 0) is 20.7 Å². The standard InChI is InChI=1S/C31H43Cl2NO3/c1-30-13-11-24(35)20-22(30)5-8-25-26-9-10-28(31(26,2)14-12-27(25)30)37-29(36)19-21-3-6-23(7-4-21)34(17-15-32)18-16-33/h3-4,6-7,22,25-28H,5,8-20H2,1-2H3. The molecule has 4 saturated carbocycles. The minimum atomic E-state index is -0.110. The van der Waals surface area contributed by atoms with E-state index in [0.717, 1.165) is 62.4 Å². The van der Waals surface area contributed by atoms with Crippen molar-refractivity contribution in [1.82, 2.24) is 0 Å². The minimum Gasteiger partial charge on any atom is -0.462 e. The van der Waals surface area contributed by atoms with Gasteiger partial charge in [-0.15, -0.1) is 23.2 Å². The van der Waals surface area contributed by atoms with Gasteiger partial charge in [0.25, 0.3) is 0 Å². The fourth-order valence-electron chi connectivity index (χ4n) is 8.96. The molecule has 1 aromatic carbocycles. The predicted octanol–water partition coefficient (Wildman–Crippen LogP) is 7.04. The lowest BCUT2D eigenvalue weighted by atomic mass is 9.45. The molecule has 7 atom stereocenters. The molecule has 37 heavy (non-hydrogen) atoms. The zero-order valence-electron chi connectivity index (χ0n) is 22.5. The number of anilines is 1. The number of nitrogens with zero attached hydrogens (tertiary/aromatic N) is 1. The third kappa shape index (κ3) is 5.19. The Morgan fingerprint density at radius 3 is 2.35 bits per heavy atom. The summed E-state index contributed by atoms with van der Waals surface area (Å²) in [6.45, 7) is 6.38. The van der Waals surface area contributed by atoms with Crippen LogP contribution in [0.3, 0.4) is 0 Å². The lowest BCUT2D eigenvalue weighted by molar-refractivity contribution is -0.163. The average molecular weight is 549 g/mol. The molecule has 4 fully saturated rings. The Morgan fingerprint density at radius 1 is 0.946 bits per heavy atom. The maximum absolute atomic E-state index is 13.1. The van der Waals surface area contributed by atoms with Crippen LogP contribution in [0.1, 0.15) is 77.2 Å². The first-order chi connectivity index (χ1) is 17.8. The molecule has 0 bridgehead atoms. The van der Waals surface area contributed by atoms with Crippen LogP contribution in [0.15, 0.2) is 24.3 Å². The van der Waals surface area contributed by atoms with E-state index in [1.807, 2.05) is 24.3 Å². The summed E-state index contributed by atoms with van der Waals surface area (Å²) in [6.07, 6.45) is 9.94. The number of rotatable bonds is 8. The Bertz CT molecular complexity index is 977. The van der Waals surface area contributed by atoms with Crippen LogP contribution in [-0.4, -0.2) is 42.7 Å². The monoisotopic (exact) mass is 547 g/mol. The number of carbonyl (C=O) groups excluding carboxylic acids is 2. The molecular weight excluding hydrogens is 505 g/mol. The molecule has 4 nitrogen and oxygen atoms in total. The maximum atomic E-state index is 13.1. The van der Waals surface area contributed by atoms with Gasteiger partial charge >= 0.3 is 5.97 Å². The lowest BCUT2D eigenvalue weighted by Gasteiger charge is -2.60. The second-order valence-electron chi connectivity index (χ2n) is 12.7. The maximum Gasteiger partial charge on any atom is 0.310 e. The normalized spacial score (nSPS) is 36.9. The molecule has 0 aliphatic heterocycles. The van der Waals surface area contributed by atoms with Gasteiger partial charge in [0.2, 0.25) is 0 Å². The Morgan fingerprint density at radius 2 is 1.65 bits per heavy atom. The molecule has 7 unspecified atom stereocenters. The second-order valence-corrected chi connectivity index (χ2v) is 13.5. The van der Waals surface area contributed by atoms with Crippen molar-refractivity contribution < 1.29 is 14.3 Å². The summed E-state index contributed by atoms with van der Waals surface area (Å²) in [6, 6.07) is 8.13. The molecule has 5 rings (SSSR count). The zero-order valence-corrected chi connectivity index (χ0v) is 24.0. The van der Waals surface area contributed by atoms with E-state index < -0.39 is 0 Å². The van der Waals surface area contributed by atoms with Gasteiger partial charge in [0, 0.05) is 48.8 Å². The van der Waals surface area contributed by atoms with Gasteiger partial charge in [-0.05, 0) is 91.7 Å². The first-order valence-electron chi connectivity index (χ1n) is 14.5. The van der Waals surface area contributed by atoms with E-state index >= 15 is 0 Å². The van der Waals surface area contributed by atoms with Gasteiger partial charge < -0.3 is 9.64 Å². The van der Waals surface area contributed by atoms with Crippen molar-refractivity contribution in [3.8, 4) is 0 Å². The summed E-state index contributed by atoms with van der Waals surface area (Å²) in [5.41, 5.74) is 2.46. The van der Waals surface area contributed by atoms with E-state index in [4.69, 9.17) is 27.9 Å². The van der Waals surface area contributed by atoms with Crippen LogP contribution in [0.2, 0.25) is 0 Å². The summed E-state index contributed by atoms with van der Waals surface area (Å²) in [7, 11) is 0. The third-order valence-electron chi connectivity index (χ3n) is 11.0. The number of fused-ring (bicyclic) bond motifs is 5. The molecule has 0 heterocycles. The minimum absolute atomic E-state index is 0.0200. The van der Waals surface area contributed by atoms with Crippen LogP contribution in [0.5, 0.6) is 0 Å². The predicted molar refractivity (Wildman–Crippen MR) is 150 cm³/mol. The number of ketones is 1. The number of ether oxygens (including phenoxy) is 1. The lowest BCUT2D eigenvalue weighted by Crippen LogP contribution is -2.54. The molecule has 0 N–H and O–H groups in total. The van der Waals surface area contributed by atoms with E-state index in [9.17, 15) is 9.59 Å². The SMILES string of the molecule is CC12CCC(=O)CC1CCC1C2CCC2(C)C(OC(=O)Cc3ccc(N(CCCl)CCCl)cc3)CCC12. The summed E-state index contributed by atoms with van der Waals surface area (Å²) in [4.78, 5) is 27.4. The highest BCUT2D eigenvalue weighted by Crippen LogP contribution is 2.66. The largest absolute Gasteiger partial charge is 0.462 e. The summed E-state index contributed by atoms with van der Waals surface area (Å²) >= 11 is 11.9. The van der Waals surface area contributed by atoms with Crippen molar-refractivity contribution in [2.24, 2.45) is 34.5 Å². The zero-order chi connectivity index (χ0) is 26.2. The number of Topliss-reactive ketones (excluding diaryl/α,β-unsaturated/α-hetero) is 1. The summed E-state index contributed by atoms with van der Waals surface area (Å²) < 4.78 is 6.24. The first kappa shape index (κ1) is 27.3. The van der Waals surface area contributed by atoms with E-state index in [0.29, 0.717) is 47.1 Å². The van der Waals surface area contributed by atoms with Gasteiger partial charge in [0.15, 0.2) is 0 Å². The fourth-order valence-corrected chi connectivity index (χ4v) is 9.36. The molecular formula is C31H43Cl2NO3. The Labute approximate surface area is 232 Å². The van der Waals surface area contributed by atoms with Crippen LogP contribution in [0, 0.1) is 34.5 Å². The number of benzene rings is 1. The molecule has 4 aliphatic rings. The van der Waals surface area contributed by atoms with Crippen molar-refractivity contribution in [2.45, 2.75) is 84.2 Å². The molecule has 0 aromatic heterocycles. The molecule has 1 aromatic rings. The van der Waals surface area contributed by atoms with Gasteiger partial charge in [0.1, 0.15) is 11.9 Å². The van der Waals surface area contributed by atoms with Crippen molar-refractivity contribution in [1.29, 1.82) is 0 Å². The molecule has 4 aliphatic carbocycles. The Hall–Kier alpha value is -1.26. The molecule has 6 heteroatoms. The molecule has 0 radical (unpaired) electrons. The van der Waals surface area contributed by atoms with Gasteiger partial charge in [-0.1, -0.05) is 26.0 Å². The van der Waals surface area contributed by atoms with Gasteiger partial charge in [-0.2, -0.15) is 0 Å². The van der Waals surface area contributed by atoms with E-state index in [-0.39, 0.29) is 17.5 Å². The Kier molecular flexibility index (Phi) is 8.18. The van der Waals surface area contributed by atoms with E-state index in [1.165, 1.54) is 25.7 Å². The van der Waals surface area contributed by atoms with Crippen molar-refractivity contribution >= 4 is 40.6 Å². The fraction of sp³-hybridized carbons (Fsp3) is 0.742. The number of esters is 1. The Balaban J connectivity index is 1.21. The number of alkyl halides is 2. The van der Waals surface area contributed by atoms with Crippen LogP contribution in [0.25, 0.3) is 0 Å². The smallest absolute Gasteiger partial charge is 0.310 e. The molecule has 204 valence electrons. The summed E-state index contributed by atoms with van der Waals surface area (Å²) in [5.74, 6) is 4.12. The van der Waals surface area contributed by atoms with Crippen LogP contribution < -0.4 is 4.90 Å². The van der Waals surface area contributed by atoms with Crippen LogP contribution in [0.4, 0.5) is 5.69 Å². The van der Waals surface area contributed by atoms with Crippen molar-refractivity contribution in [3.63, 3.8) is 0 Å². The van der Waals surface area contributed by atoms with Gasteiger partial charge in [-0.25, -0.2) is 0 Å². The van der Waals surface area contributed by atoms with E-state index in [1.54, 1.807) is 0 Å². The number of hydrogen-bond acceptors (Lipinski definition) is 4. The quantitative estimate of drug-likeness (QED) is 0.258. The van der Waals surface area contributed by atoms with Gasteiger partial charge in [-0.3, -0.25) is 9.59 Å². The highest BCUT2D eigenvalue weighted by Gasteiger charge is 2.61. The van der Waals surface area contributed by atoms with Crippen LogP contribution >= 0.6 is 23.2 Å². The van der Waals surface area contributed by atoms with Crippen molar-refractivity contribution in [2.75, 3.05) is 29.7 Å². The molecule has 0 spiro atoms. The molecule has 0 amide bonds. The summed E-state index contributed by atoms with van der Waals surface area (Å²) in [5, 5.41) is 0. The third-order valence-corrected chi connectivity index (χ3v) is 11.4. The highest BCUT2D eigenvalue weighted by atomic mass is 35.5. The van der Waals surface area contributed by atoms with Gasteiger partial charge in [0.05, 0.1) is 6.42 Å². The highest BCUT2D eigenvalue weighted by molar-refractivity contribution is 6.18. The number of hydrogen-bond donors (Lipinski definition) is 0. The number of halogens is 2. The first-order valence-corrected chi connectivity index (χ1v) is 15.5. The topological polar surface area (TPSA) is 46.6 Å². The van der Waals surface area contributed by atoms with Crippen molar-refractivity contribution in [3.05, 3.63) is 29.8 Å². The second kappa shape index (κ2) is 11.1. The number of carbonyl (C=O) groups is 2. The molecule has 0 saturated heterocycles. The van der Waals surface area contributed by atoms with E-state index in [2.05, 4.69) is 18.7 Å².